The zero-order valence-corrected chi connectivity index (χ0v) is 9.86. The van der Waals surface area contributed by atoms with E-state index in [4.69, 9.17) is 0 Å². The molecule has 0 heterocycles. The summed E-state index contributed by atoms with van der Waals surface area (Å²) in [6, 6.07) is 0. The zero-order chi connectivity index (χ0) is 9.94. The van der Waals surface area contributed by atoms with Gasteiger partial charge in [0.2, 0.25) is 0 Å². The fourth-order valence-electron chi connectivity index (χ4n) is 1.02. The van der Waals surface area contributed by atoms with Crippen LogP contribution in [0.1, 0.15) is 54.9 Å². The molecule has 73 valence electrons. The molecule has 0 saturated carbocycles. The van der Waals surface area contributed by atoms with Crippen LogP contribution in [0.15, 0.2) is 0 Å². The fraction of sp³-hybridized carbons (Fsp3) is 0.917. The highest BCUT2D eigenvalue weighted by Gasteiger charge is 2.22. The van der Waals surface area contributed by atoms with Gasteiger partial charge in [0.15, 0.2) is 0 Å². The van der Waals surface area contributed by atoms with E-state index in [0.717, 1.165) is 11.8 Å². The summed E-state index contributed by atoms with van der Waals surface area (Å²) >= 11 is 0. The van der Waals surface area contributed by atoms with Crippen LogP contribution < -0.4 is 0 Å². The summed E-state index contributed by atoms with van der Waals surface area (Å²) in [5.74, 6) is 3.17. The Balaban J connectivity index is 3.93. The second-order valence-electron chi connectivity index (χ2n) is 5.47. The molecule has 0 spiro atoms. The van der Waals surface area contributed by atoms with Crippen molar-refractivity contribution in [2.75, 3.05) is 0 Å². The molecule has 0 fully saturated rings. The Morgan fingerprint density at radius 1 is 1.08 bits per heavy atom. The van der Waals surface area contributed by atoms with Crippen molar-refractivity contribution >= 4 is 0 Å². The predicted molar refractivity (Wildman–Crippen MR) is 57.0 cm³/mol. The first-order valence-corrected chi connectivity index (χ1v) is 5.07. The van der Waals surface area contributed by atoms with Gasteiger partial charge in [-0.3, -0.25) is 0 Å². The summed E-state index contributed by atoms with van der Waals surface area (Å²) in [6.07, 6.45) is 1.28. The Labute approximate surface area is 78.8 Å². The van der Waals surface area contributed by atoms with E-state index in [9.17, 15) is 0 Å². The van der Waals surface area contributed by atoms with E-state index in [1.807, 2.05) is 0 Å². The maximum absolute atomic E-state index is 2.35. The molecule has 0 bridgehead atoms. The van der Waals surface area contributed by atoms with Gasteiger partial charge in [0.05, 0.1) is 0 Å². The van der Waals surface area contributed by atoms with E-state index in [0.29, 0.717) is 5.41 Å². The molecule has 12 heavy (non-hydrogen) atoms. The van der Waals surface area contributed by atoms with Gasteiger partial charge in [-0.2, -0.15) is 0 Å². The highest BCUT2D eigenvalue weighted by atomic mass is 14.3. The highest BCUT2D eigenvalue weighted by Crippen LogP contribution is 2.33. The summed E-state index contributed by atoms with van der Waals surface area (Å²) in [6.45, 7) is 16.2. The van der Waals surface area contributed by atoms with Crippen molar-refractivity contribution in [3.63, 3.8) is 0 Å². The fourth-order valence-corrected chi connectivity index (χ4v) is 1.02. The lowest BCUT2D eigenvalue weighted by Crippen LogP contribution is -2.20. The Kier molecular flexibility index (Phi) is 4.30. The van der Waals surface area contributed by atoms with E-state index >= 15 is 0 Å². The minimum atomic E-state index is 0.455. The van der Waals surface area contributed by atoms with Crippen molar-refractivity contribution in [3.05, 3.63) is 5.92 Å². The third kappa shape index (κ3) is 4.13. The van der Waals surface area contributed by atoms with Crippen LogP contribution >= 0.6 is 0 Å². The molecule has 0 rings (SSSR count). The molecule has 0 aromatic carbocycles. The largest absolute Gasteiger partial charge is 0.0622 e. The molecule has 0 aromatic heterocycles. The summed E-state index contributed by atoms with van der Waals surface area (Å²) < 4.78 is 0. The van der Waals surface area contributed by atoms with E-state index in [1.54, 1.807) is 5.92 Å². The third-order valence-corrected chi connectivity index (χ3v) is 3.09. The van der Waals surface area contributed by atoms with Gasteiger partial charge < -0.3 is 0 Å². The number of hydrogen-bond donors (Lipinski definition) is 0. The smallest absolute Gasteiger partial charge is 0.0244 e. The van der Waals surface area contributed by atoms with Crippen LogP contribution in [0.2, 0.25) is 0 Å². The number of rotatable bonds is 3. The predicted octanol–water partition coefficient (Wildman–Crippen LogP) is 4.31. The molecule has 0 heteroatoms. The van der Waals surface area contributed by atoms with Crippen LogP contribution in [0.3, 0.4) is 0 Å². The van der Waals surface area contributed by atoms with Crippen LogP contribution in [0.5, 0.6) is 0 Å². The van der Waals surface area contributed by atoms with Crippen LogP contribution in [-0.4, -0.2) is 0 Å². The quantitative estimate of drug-likeness (QED) is 0.590. The lowest BCUT2D eigenvalue weighted by molar-refractivity contribution is 0.244. The molecule has 0 aliphatic rings. The first-order chi connectivity index (χ1) is 5.25. The van der Waals surface area contributed by atoms with Crippen LogP contribution in [0, 0.1) is 23.2 Å². The van der Waals surface area contributed by atoms with Crippen molar-refractivity contribution in [1.29, 1.82) is 0 Å². The Morgan fingerprint density at radius 2 is 1.50 bits per heavy atom. The minimum absolute atomic E-state index is 0.455. The second-order valence-corrected chi connectivity index (χ2v) is 5.47. The van der Waals surface area contributed by atoms with Crippen molar-refractivity contribution in [2.45, 2.75) is 54.9 Å². The van der Waals surface area contributed by atoms with E-state index in [1.165, 1.54) is 6.42 Å². The molecule has 1 unspecified atom stereocenters. The standard InChI is InChI=1S/C12H25/c1-9(2)10(3)8-11(4)12(5,6)7/h9,11H,8H2,1-7H3. The van der Waals surface area contributed by atoms with Gasteiger partial charge in [-0.25, -0.2) is 0 Å². The first-order valence-electron chi connectivity index (χ1n) is 5.07. The minimum Gasteiger partial charge on any atom is -0.0622 e. The molecule has 0 aliphatic carbocycles. The van der Waals surface area contributed by atoms with E-state index in [-0.39, 0.29) is 0 Å². The SMILES string of the molecule is C[C](CC(C)C(C)(C)C)C(C)C. The maximum Gasteiger partial charge on any atom is -0.0244 e. The normalized spacial score (nSPS) is 15.8. The van der Waals surface area contributed by atoms with Gasteiger partial charge in [-0.1, -0.05) is 48.5 Å². The molecule has 0 amide bonds. The van der Waals surface area contributed by atoms with Crippen LogP contribution in [0.25, 0.3) is 0 Å². The Hall–Kier alpha value is 0. The van der Waals surface area contributed by atoms with Crippen LogP contribution in [-0.2, 0) is 0 Å². The second kappa shape index (κ2) is 4.30. The highest BCUT2D eigenvalue weighted by molar-refractivity contribution is 4.91. The van der Waals surface area contributed by atoms with E-state index < -0.39 is 0 Å². The maximum atomic E-state index is 2.35. The van der Waals surface area contributed by atoms with Gasteiger partial charge in [0.25, 0.3) is 0 Å². The molecular formula is C12H25. The third-order valence-electron chi connectivity index (χ3n) is 3.09. The molecule has 0 nitrogen and oxygen atoms in total. The zero-order valence-electron chi connectivity index (χ0n) is 9.86. The van der Waals surface area contributed by atoms with Crippen molar-refractivity contribution < 1.29 is 0 Å². The topological polar surface area (TPSA) is 0 Å². The molecule has 1 radical (unpaired) electrons. The summed E-state index contributed by atoms with van der Waals surface area (Å²) in [5, 5.41) is 0. The molecule has 0 saturated heterocycles. The number of hydrogen-bond acceptors (Lipinski definition) is 0. The van der Waals surface area contributed by atoms with Crippen molar-refractivity contribution in [1.82, 2.24) is 0 Å². The van der Waals surface area contributed by atoms with Gasteiger partial charge in [0, 0.05) is 0 Å². The summed E-state index contributed by atoms with van der Waals surface area (Å²) in [5.41, 5.74) is 0.455. The average molecular weight is 169 g/mol. The average Bonchev–Trinajstić information content (AvgIpc) is 1.85. The van der Waals surface area contributed by atoms with Crippen LogP contribution in [0.4, 0.5) is 0 Å². The Bertz CT molecular complexity index is 116. The van der Waals surface area contributed by atoms with Gasteiger partial charge in [-0.05, 0) is 29.6 Å². The molecular weight excluding hydrogens is 144 g/mol. The molecule has 0 aromatic rings. The van der Waals surface area contributed by atoms with Gasteiger partial charge in [-0.15, -0.1) is 0 Å². The summed E-state index contributed by atoms with van der Waals surface area (Å²) in [7, 11) is 0. The lowest BCUT2D eigenvalue weighted by Gasteiger charge is -2.30. The first kappa shape index (κ1) is 12.0. The monoisotopic (exact) mass is 169 g/mol. The van der Waals surface area contributed by atoms with Crippen molar-refractivity contribution in [2.24, 2.45) is 17.3 Å². The van der Waals surface area contributed by atoms with Crippen molar-refractivity contribution in [3.8, 4) is 0 Å². The molecule has 0 N–H and O–H groups in total. The lowest BCUT2D eigenvalue weighted by atomic mass is 9.75. The molecule has 1 atom stereocenters. The summed E-state index contributed by atoms with van der Waals surface area (Å²) in [4.78, 5) is 0. The molecule has 0 aliphatic heterocycles. The van der Waals surface area contributed by atoms with Gasteiger partial charge >= 0.3 is 0 Å². The Morgan fingerprint density at radius 3 is 1.75 bits per heavy atom. The van der Waals surface area contributed by atoms with E-state index in [2.05, 4.69) is 48.5 Å². The van der Waals surface area contributed by atoms with Gasteiger partial charge in [0.1, 0.15) is 0 Å².